The highest BCUT2D eigenvalue weighted by molar-refractivity contribution is 9.10. The number of benzene rings is 1. The van der Waals surface area contributed by atoms with E-state index in [1.807, 2.05) is 12.1 Å². The summed E-state index contributed by atoms with van der Waals surface area (Å²) in [4.78, 5) is 0.566. The average molecular weight is 239 g/mol. The molecule has 58 valence electrons. The fourth-order valence-corrected chi connectivity index (χ4v) is 1.39. The van der Waals surface area contributed by atoms with Gasteiger partial charge in [-0.05, 0) is 28.1 Å². The van der Waals surface area contributed by atoms with Gasteiger partial charge < -0.3 is 0 Å². The predicted octanol–water partition coefficient (Wildman–Crippen LogP) is 2.48. The van der Waals surface area contributed by atoms with Crippen molar-refractivity contribution in [2.75, 3.05) is 0 Å². The highest BCUT2D eigenvalue weighted by Gasteiger charge is 2.04. The molecule has 4 heteroatoms. The second kappa shape index (κ2) is 3.62. The quantitative estimate of drug-likeness (QED) is 0.707. The average Bonchev–Trinajstić information content (AvgIpc) is 2.09. The van der Waals surface area contributed by atoms with Gasteiger partial charge in [-0.1, -0.05) is 0 Å². The maximum Gasteiger partial charge on any atom is 0.100 e. The van der Waals surface area contributed by atoms with Gasteiger partial charge in [0.15, 0.2) is 0 Å². The first-order valence-corrected chi connectivity index (χ1v) is 4.25. The lowest BCUT2D eigenvalue weighted by molar-refractivity contribution is 1.32. The van der Waals surface area contributed by atoms with Gasteiger partial charge in [-0.3, -0.25) is 0 Å². The third kappa shape index (κ3) is 1.61. The molecule has 0 fully saturated rings. The van der Waals surface area contributed by atoms with Crippen molar-refractivity contribution in [3.63, 3.8) is 0 Å². The number of hydrogen-bond acceptors (Lipinski definition) is 3. The molecule has 1 aromatic rings. The zero-order valence-electron chi connectivity index (χ0n) is 5.87. The van der Waals surface area contributed by atoms with Gasteiger partial charge in [0.05, 0.1) is 17.2 Å². The van der Waals surface area contributed by atoms with Crippen LogP contribution in [0.5, 0.6) is 0 Å². The van der Waals surface area contributed by atoms with E-state index in [1.165, 1.54) is 6.07 Å². The summed E-state index contributed by atoms with van der Waals surface area (Å²) in [5.41, 5.74) is 0.862. The van der Waals surface area contributed by atoms with Crippen molar-refractivity contribution in [2.45, 2.75) is 4.90 Å². The van der Waals surface area contributed by atoms with E-state index in [1.54, 1.807) is 6.07 Å². The summed E-state index contributed by atoms with van der Waals surface area (Å²) in [6.07, 6.45) is 0. The number of nitrogens with zero attached hydrogens (tertiary/aromatic N) is 2. The molecule has 2 nitrogen and oxygen atoms in total. The van der Waals surface area contributed by atoms with E-state index < -0.39 is 0 Å². The Kier molecular flexibility index (Phi) is 2.75. The molecule has 1 rings (SSSR count). The molecule has 0 N–H and O–H groups in total. The summed E-state index contributed by atoms with van der Waals surface area (Å²) >= 11 is 7.30. The predicted molar refractivity (Wildman–Crippen MR) is 50.8 cm³/mol. The van der Waals surface area contributed by atoms with E-state index >= 15 is 0 Å². The highest BCUT2D eigenvalue weighted by atomic mass is 79.9. The molecule has 0 aliphatic carbocycles. The number of rotatable bonds is 0. The normalized spacial score (nSPS) is 8.67. The Morgan fingerprint density at radius 1 is 1.25 bits per heavy atom. The summed E-state index contributed by atoms with van der Waals surface area (Å²) in [5.74, 6) is 0. The molecule has 0 unspecified atom stereocenters. The Morgan fingerprint density at radius 3 is 2.42 bits per heavy atom. The first kappa shape index (κ1) is 9.12. The van der Waals surface area contributed by atoms with Crippen LogP contribution in [0.2, 0.25) is 0 Å². The van der Waals surface area contributed by atoms with E-state index in [-0.39, 0.29) is 0 Å². The van der Waals surface area contributed by atoms with Crippen molar-refractivity contribution < 1.29 is 0 Å². The molecule has 0 atom stereocenters. The number of hydrogen-bond donors (Lipinski definition) is 1. The molecule has 0 heterocycles. The maximum absolute atomic E-state index is 8.63. The fraction of sp³-hybridized carbons (Fsp3) is 0. The van der Waals surface area contributed by atoms with Gasteiger partial charge in [0.2, 0.25) is 0 Å². The van der Waals surface area contributed by atoms with Gasteiger partial charge in [-0.15, -0.1) is 12.6 Å². The molecule has 0 radical (unpaired) electrons. The molecular weight excluding hydrogens is 236 g/mol. The van der Waals surface area contributed by atoms with Crippen LogP contribution in [0.1, 0.15) is 11.1 Å². The van der Waals surface area contributed by atoms with Crippen molar-refractivity contribution in [1.29, 1.82) is 10.5 Å². The minimum Gasteiger partial charge on any atom is -0.192 e. The van der Waals surface area contributed by atoms with Crippen molar-refractivity contribution in [3.8, 4) is 12.1 Å². The first-order valence-electron chi connectivity index (χ1n) is 3.01. The lowest BCUT2D eigenvalue weighted by Crippen LogP contribution is -1.83. The van der Waals surface area contributed by atoms with Crippen molar-refractivity contribution >= 4 is 28.6 Å². The van der Waals surface area contributed by atoms with Crippen LogP contribution < -0.4 is 0 Å². The summed E-state index contributed by atoms with van der Waals surface area (Å²) < 4.78 is 0.668. The molecule has 0 saturated carbocycles. The second-order valence-electron chi connectivity index (χ2n) is 2.08. The van der Waals surface area contributed by atoms with Gasteiger partial charge in [0, 0.05) is 9.37 Å². The van der Waals surface area contributed by atoms with E-state index in [2.05, 4.69) is 28.6 Å². The van der Waals surface area contributed by atoms with Crippen LogP contribution in [0, 0.1) is 22.7 Å². The van der Waals surface area contributed by atoms with E-state index in [0.717, 1.165) is 0 Å². The van der Waals surface area contributed by atoms with Gasteiger partial charge in [-0.2, -0.15) is 10.5 Å². The Labute approximate surface area is 84.0 Å². The third-order valence-corrected chi connectivity index (χ3v) is 2.73. The monoisotopic (exact) mass is 238 g/mol. The van der Waals surface area contributed by atoms with Crippen molar-refractivity contribution in [3.05, 3.63) is 27.7 Å². The van der Waals surface area contributed by atoms with Gasteiger partial charge in [0.25, 0.3) is 0 Å². The molecule has 0 saturated heterocycles. The summed E-state index contributed by atoms with van der Waals surface area (Å²) in [7, 11) is 0. The van der Waals surface area contributed by atoms with Crippen LogP contribution >= 0.6 is 28.6 Å². The lowest BCUT2D eigenvalue weighted by atomic mass is 10.1. The summed E-state index contributed by atoms with van der Waals surface area (Å²) in [6, 6.07) is 7.04. The van der Waals surface area contributed by atoms with Crippen LogP contribution in [0.15, 0.2) is 21.5 Å². The molecule has 0 amide bonds. The van der Waals surface area contributed by atoms with E-state index in [0.29, 0.717) is 20.5 Å². The van der Waals surface area contributed by atoms with Gasteiger partial charge in [-0.25, -0.2) is 0 Å². The largest absolute Gasteiger partial charge is 0.192 e. The van der Waals surface area contributed by atoms with E-state index in [9.17, 15) is 0 Å². The third-order valence-electron chi connectivity index (χ3n) is 1.31. The molecule has 1 aromatic carbocycles. The summed E-state index contributed by atoms with van der Waals surface area (Å²) in [5, 5.41) is 17.2. The Hall–Kier alpha value is -0.970. The zero-order valence-corrected chi connectivity index (χ0v) is 8.35. The zero-order chi connectivity index (χ0) is 9.14. The number of nitriles is 2. The molecule has 0 aromatic heterocycles. The van der Waals surface area contributed by atoms with Gasteiger partial charge >= 0.3 is 0 Å². The van der Waals surface area contributed by atoms with Gasteiger partial charge in [0.1, 0.15) is 6.07 Å². The highest BCUT2D eigenvalue weighted by Crippen LogP contribution is 2.25. The fourth-order valence-electron chi connectivity index (χ4n) is 0.749. The van der Waals surface area contributed by atoms with Crippen LogP contribution in [-0.4, -0.2) is 0 Å². The van der Waals surface area contributed by atoms with Crippen molar-refractivity contribution in [2.24, 2.45) is 0 Å². The van der Waals surface area contributed by atoms with Crippen LogP contribution in [0.25, 0.3) is 0 Å². The summed E-state index contributed by atoms with van der Waals surface area (Å²) in [6.45, 7) is 0. The minimum absolute atomic E-state index is 0.407. The van der Waals surface area contributed by atoms with Crippen molar-refractivity contribution in [1.82, 2.24) is 0 Å². The topological polar surface area (TPSA) is 47.6 Å². The van der Waals surface area contributed by atoms with Crippen LogP contribution in [0.4, 0.5) is 0 Å². The minimum atomic E-state index is 0.407. The molecule has 0 spiro atoms. The molecule has 0 bridgehead atoms. The van der Waals surface area contributed by atoms with Crippen LogP contribution in [0.3, 0.4) is 0 Å². The second-order valence-corrected chi connectivity index (χ2v) is 3.38. The maximum atomic E-state index is 8.63. The van der Waals surface area contributed by atoms with E-state index in [4.69, 9.17) is 10.5 Å². The number of halogens is 1. The lowest BCUT2D eigenvalue weighted by Gasteiger charge is -1.99. The Morgan fingerprint density at radius 2 is 1.92 bits per heavy atom. The SMILES string of the molecule is N#Cc1cc(Br)c(S)c(C#N)c1. The van der Waals surface area contributed by atoms with Crippen LogP contribution in [-0.2, 0) is 0 Å². The molecule has 12 heavy (non-hydrogen) atoms. The Bertz CT molecular complexity index is 401. The molecular formula is C8H3BrN2S. The number of thiol groups is 1. The Balaban J connectivity index is 3.44. The smallest absolute Gasteiger partial charge is 0.100 e. The molecule has 0 aliphatic rings. The molecule has 0 aliphatic heterocycles. The standard InChI is InChI=1S/C8H3BrN2S/c9-7-2-5(3-10)1-6(4-11)8(7)12/h1-2,12H. The first-order chi connectivity index (χ1) is 5.69.